The summed E-state index contributed by atoms with van der Waals surface area (Å²) in [5.74, 6) is -2.14. The van der Waals surface area contributed by atoms with E-state index in [1.54, 1.807) is 48.5 Å². The molecule has 124 valence electrons. The minimum atomic E-state index is -1.47. The molecule has 24 heavy (non-hydrogen) atoms. The van der Waals surface area contributed by atoms with E-state index in [0.717, 1.165) is 0 Å². The van der Waals surface area contributed by atoms with Crippen molar-refractivity contribution in [1.82, 2.24) is 0 Å². The molecule has 2 N–H and O–H groups in total. The zero-order valence-corrected chi connectivity index (χ0v) is 13.3. The van der Waals surface area contributed by atoms with Crippen molar-refractivity contribution in [1.29, 1.82) is 0 Å². The summed E-state index contributed by atoms with van der Waals surface area (Å²) in [5.41, 5.74) is -1.83. The number of rotatable bonds is 4. The largest absolute Gasteiger partial charge is 0.481 e. The molecule has 2 unspecified atom stereocenters. The lowest BCUT2D eigenvalue weighted by atomic mass is 9.50. The smallest absolute Gasteiger partial charge is 0.315 e. The van der Waals surface area contributed by atoms with Crippen LogP contribution in [0.3, 0.4) is 0 Å². The maximum Gasteiger partial charge on any atom is 0.315 e. The number of carbonyl (C=O) groups is 2. The Morgan fingerprint density at radius 1 is 0.667 bits per heavy atom. The van der Waals surface area contributed by atoms with Gasteiger partial charge < -0.3 is 10.2 Å². The molecule has 4 nitrogen and oxygen atoms in total. The second kappa shape index (κ2) is 6.11. The maximum absolute atomic E-state index is 12.5. The monoisotopic (exact) mass is 324 g/mol. The second-order valence-electron chi connectivity index (χ2n) is 6.36. The average molecular weight is 324 g/mol. The number of hydrogen-bond donors (Lipinski definition) is 2. The Kier molecular flexibility index (Phi) is 4.14. The van der Waals surface area contributed by atoms with Gasteiger partial charge in [-0.2, -0.15) is 0 Å². The molecule has 1 aliphatic carbocycles. The van der Waals surface area contributed by atoms with E-state index in [1.165, 1.54) is 0 Å². The molecule has 4 heteroatoms. The summed E-state index contributed by atoms with van der Waals surface area (Å²) < 4.78 is 0. The van der Waals surface area contributed by atoms with Gasteiger partial charge in [0.1, 0.15) is 10.8 Å². The molecule has 0 amide bonds. The summed E-state index contributed by atoms with van der Waals surface area (Å²) in [6.45, 7) is 0. The van der Waals surface area contributed by atoms with E-state index < -0.39 is 22.8 Å². The molecular weight excluding hydrogens is 304 g/mol. The van der Waals surface area contributed by atoms with Gasteiger partial charge in [-0.05, 0) is 24.0 Å². The van der Waals surface area contributed by atoms with Crippen molar-refractivity contribution >= 4 is 11.9 Å². The van der Waals surface area contributed by atoms with Crippen molar-refractivity contribution < 1.29 is 19.8 Å². The Labute approximate surface area is 140 Å². The van der Waals surface area contributed by atoms with E-state index in [2.05, 4.69) is 0 Å². The van der Waals surface area contributed by atoms with Crippen LogP contribution in [-0.4, -0.2) is 22.2 Å². The first-order valence-electron chi connectivity index (χ1n) is 8.13. The van der Waals surface area contributed by atoms with Crippen LogP contribution in [-0.2, 0) is 20.4 Å². The molecule has 2 aromatic carbocycles. The van der Waals surface area contributed by atoms with Crippen LogP contribution in [0.15, 0.2) is 60.7 Å². The Hall–Kier alpha value is -2.62. The first kappa shape index (κ1) is 16.2. The minimum absolute atomic E-state index is 0.313. The maximum atomic E-state index is 12.5. The Morgan fingerprint density at radius 3 is 1.29 bits per heavy atom. The van der Waals surface area contributed by atoms with Crippen molar-refractivity contribution in [3.05, 3.63) is 71.8 Å². The highest BCUT2D eigenvalue weighted by molar-refractivity contribution is 5.96. The summed E-state index contributed by atoms with van der Waals surface area (Å²) in [7, 11) is 0. The second-order valence-corrected chi connectivity index (χ2v) is 6.36. The van der Waals surface area contributed by atoms with Gasteiger partial charge in [0.05, 0.1) is 0 Å². The predicted octanol–water partition coefficient (Wildman–Crippen LogP) is 3.61. The van der Waals surface area contributed by atoms with Crippen LogP contribution in [0, 0.1) is 0 Å². The van der Waals surface area contributed by atoms with Gasteiger partial charge in [-0.15, -0.1) is 0 Å². The highest BCUT2D eigenvalue weighted by atomic mass is 16.4. The van der Waals surface area contributed by atoms with E-state index in [-0.39, 0.29) is 0 Å². The van der Waals surface area contributed by atoms with Crippen molar-refractivity contribution in [3.8, 4) is 0 Å². The fourth-order valence-corrected chi connectivity index (χ4v) is 4.26. The van der Waals surface area contributed by atoms with Crippen molar-refractivity contribution in [3.63, 3.8) is 0 Å². The van der Waals surface area contributed by atoms with Crippen LogP contribution in [0.5, 0.6) is 0 Å². The van der Waals surface area contributed by atoms with Crippen LogP contribution in [0.25, 0.3) is 0 Å². The van der Waals surface area contributed by atoms with Gasteiger partial charge in [-0.1, -0.05) is 73.5 Å². The Bertz CT molecular complexity index is 675. The van der Waals surface area contributed by atoms with Crippen LogP contribution in [0.4, 0.5) is 0 Å². The first-order chi connectivity index (χ1) is 11.6. The number of hydrogen-bond acceptors (Lipinski definition) is 2. The topological polar surface area (TPSA) is 74.6 Å². The summed E-state index contributed by atoms with van der Waals surface area (Å²) in [4.78, 5) is 25.0. The summed E-state index contributed by atoms with van der Waals surface area (Å²) in [6.07, 6.45) is 2.02. The minimum Gasteiger partial charge on any atom is -0.481 e. The lowest BCUT2D eigenvalue weighted by Gasteiger charge is -2.49. The van der Waals surface area contributed by atoms with Gasteiger partial charge >= 0.3 is 11.9 Å². The van der Waals surface area contributed by atoms with Crippen LogP contribution in [0.1, 0.15) is 36.8 Å². The third-order valence-electron chi connectivity index (χ3n) is 5.35. The Balaban J connectivity index is 2.36. The van der Waals surface area contributed by atoms with E-state index in [0.29, 0.717) is 36.8 Å². The standard InChI is InChI=1S/C20H20O4/c21-17(22)19(15-9-3-1-4-10-15)13-7-8-14-20(19,18(23)24)16-11-5-2-6-12-16/h1-6,9-12H,7-8,13-14H2,(H,21,22)(H,23,24). The molecule has 0 saturated heterocycles. The average Bonchev–Trinajstić information content (AvgIpc) is 2.62. The lowest BCUT2D eigenvalue weighted by Crippen LogP contribution is -2.60. The van der Waals surface area contributed by atoms with E-state index in [1.807, 2.05) is 12.1 Å². The first-order valence-corrected chi connectivity index (χ1v) is 8.13. The predicted molar refractivity (Wildman–Crippen MR) is 90.0 cm³/mol. The summed E-state index contributed by atoms with van der Waals surface area (Å²) >= 11 is 0. The molecule has 0 aromatic heterocycles. The molecule has 1 aliphatic rings. The van der Waals surface area contributed by atoms with E-state index in [4.69, 9.17) is 0 Å². The van der Waals surface area contributed by atoms with Gasteiger partial charge in [0.15, 0.2) is 0 Å². The van der Waals surface area contributed by atoms with Crippen molar-refractivity contribution in [2.75, 3.05) is 0 Å². The quantitative estimate of drug-likeness (QED) is 0.901. The zero-order chi connectivity index (χ0) is 17.2. The highest BCUT2D eigenvalue weighted by Gasteiger charge is 2.64. The third kappa shape index (κ3) is 2.13. The van der Waals surface area contributed by atoms with E-state index in [9.17, 15) is 19.8 Å². The summed E-state index contributed by atoms with van der Waals surface area (Å²) in [5, 5.41) is 20.4. The van der Waals surface area contributed by atoms with Crippen LogP contribution < -0.4 is 0 Å². The molecule has 0 heterocycles. The molecule has 2 atom stereocenters. The molecule has 0 radical (unpaired) electrons. The molecule has 0 spiro atoms. The fourth-order valence-electron chi connectivity index (χ4n) is 4.26. The highest BCUT2D eigenvalue weighted by Crippen LogP contribution is 2.54. The molecule has 2 aromatic rings. The fraction of sp³-hybridized carbons (Fsp3) is 0.300. The summed E-state index contributed by atoms with van der Waals surface area (Å²) in [6, 6.07) is 17.6. The lowest BCUT2D eigenvalue weighted by molar-refractivity contribution is -0.162. The molecule has 0 bridgehead atoms. The van der Waals surface area contributed by atoms with Gasteiger partial charge in [-0.3, -0.25) is 9.59 Å². The van der Waals surface area contributed by atoms with Gasteiger partial charge in [0, 0.05) is 0 Å². The molecular formula is C20H20O4. The number of aliphatic carboxylic acids is 2. The normalized spacial score (nSPS) is 26.7. The van der Waals surface area contributed by atoms with E-state index >= 15 is 0 Å². The van der Waals surface area contributed by atoms with Crippen molar-refractivity contribution in [2.45, 2.75) is 36.5 Å². The molecule has 3 rings (SSSR count). The number of carboxylic acid groups (broad SMARTS) is 2. The molecule has 1 saturated carbocycles. The zero-order valence-electron chi connectivity index (χ0n) is 13.3. The third-order valence-corrected chi connectivity index (χ3v) is 5.35. The van der Waals surface area contributed by atoms with Crippen LogP contribution in [0.2, 0.25) is 0 Å². The Morgan fingerprint density at radius 2 is 1.00 bits per heavy atom. The van der Waals surface area contributed by atoms with Gasteiger partial charge in [0.2, 0.25) is 0 Å². The number of carboxylic acids is 2. The van der Waals surface area contributed by atoms with Gasteiger partial charge in [-0.25, -0.2) is 0 Å². The molecule has 1 fully saturated rings. The SMILES string of the molecule is O=C(O)C1(c2ccccc2)CCCCC1(C(=O)O)c1ccccc1. The number of benzene rings is 2. The molecule has 0 aliphatic heterocycles. The van der Waals surface area contributed by atoms with Crippen LogP contribution >= 0.6 is 0 Å². The van der Waals surface area contributed by atoms with Crippen molar-refractivity contribution in [2.24, 2.45) is 0 Å². The van der Waals surface area contributed by atoms with Gasteiger partial charge in [0.25, 0.3) is 0 Å².